The Bertz CT molecular complexity index is 1310. The van der Waals surface area contributed by atoms with Crippen LogP contribution in [0.25, 0.3) is 0 Å². The SMILES string of the molecule is O=C(C[S@](=O)CC(=O)N(c1cccc(F)c1)[C@H](C(=O)NC1CCCCC1)c1ccco1)Nc1ccc(F)cc1. The summed E-state index contributed by atoms with van der Waals surface area (Å²) in [6, 6.07) is 12.0. The van der Waals surface area contributed by atoms with E-state index in [-0.39, 0.29) is 17.5 Å². The first kappa shape index (κ1) is 28.2. The maximum atomic E-state index is 14.2. The molecule has 206 valence electrons. The highest BCUT2D eigenvalue weighted by atomic mass is 32.2. The molecular formula is C28H29F2N3O5S. The minimum absolute atomic E-state index is 0.0718. The van der Waals surface area contributed by atoms with Gasteiger partial charge in [0.1, 0.15) is 28.9 Å². The monoisotopic (exact) mass is 557 g/mol. The maximum absolute atomic E-state index is 14.2. The number of carbonyl (C=O) groups is 3. The summed E-state index contributed by atoms with van der Waals surface area (Å²) in [6.07, 6.45) is 6.00. The predicted octanol–water partition coefficient (Wildman–Crippen LogP) is 4.47. The zero-order valence-electron chi connectivity index (χ0n) is 21.1. The summed E-state index contributed by atoms with van der Waals surface area (Å²) in [6.45, 7) is 0. The van der Waals surface area contributed by atoms with Gasteiger partial charge in [0.15, 0.2) is 6.04 Å². The van der Waals surface area contributed by atoms with E-state index in [1.807, 2.05) is 0 Å². The van der Waals surface area contributed by atoms with Crippen molar-refractivity contribution in [2.24, 2.45) is 0 Å². The van der Waals surface area contributed by atoms with Crippen LogP contribution in [0, 0.1) is 11.6 Å². The highest BCUT2D eigenvalue weighted by Gasteiger charge is 2.36. The molecule has 1 fully saturated rings. The molecule has 1 saturated carbocycles. The van der Waals surface area contributed by atoms with Crippen LogP contribution in [0.2, 0.25) is 0 Å². The minimum Gasteiger partial charge on any atom is -0.467 e. The van der Waals surface area contributed by atoms with Crippen molar-refractivity contribution in [3.05, 3.63) is 84.3 Å². The van der Waals surface area contributed by atoms with E-state index in [1.54, 1.807) is 6.07 Å². The van der Waals surface area contributed by atoms with Crippen LogP contribution in [0.3, 0.4) is 0 Å². The number of amides is 3. The van der Waals surface area contributed by atoms with Crippen LogP contribution >= 0.6 is 0 Å². The van der Waals surface area contributed by atoms with Crippen molar-refractivity contribution in [3.63, 3.8) is 0 Å². The molecule has 3 aromatic rings. The number of furan rings is 1. The largest absolute Gasteiger partial charge is 0.467 e. The molecule has 0 bridgehead atoms. The van der Waals surface area contributed by atoms with E-state index >= 15 is 0 Å². The third-order valence-corrected chi connectivity index (χ3v) is 7.48. The summed E-state index contributed by atoms with van der Waals surface area (Å²) in [5, 5.41) is 5.49. The number of nitrogens with one attached hydrogen (secondary N) is 2. The summed E-state index contributed by atoms with van der Waals surface area (Å²) in [4.78, 5) is 40.6. The molecule has 0 spiro atoms. The summed E-state index contributed by atoms with van der Waals surface area (Å²) >= 11 is 0. The van der Waals surface area contributed by atoms with Gasteiger partial charge >= 0.3 is 0 Å². The average Bonchev–Trinajstić information content (AvgIpc) is 3.43. The molecule has 2 atom stereocenters. The van der Waals surface area contributed by atoms with E-state index in [9.17, 15) is 27.4 Å². The van der Waals surface area contributed by atoms with Crippen molar-refractivity contribution in [2.75, 3.05) is 21.7 Å². The Morgan fingerprint density at radius 2 is 1.69 bits per heavy atom. The third-order valence-electron chi connectivity index (χ3n) is 6.33. The van der Waals surface area contributed by atoms with Crippen molar-refractivity contribution in [1.82, 2.24) is 5.32 Å². The number of nitrogens with zero attached hydrogens (tertiary/aromatic N) is 1. The molecule has 1 aliphatic carbocycles. The van der Waals surface area contributed by atoms with E-state index in [0.717, 1.165) is 43.1 Å². The quantitative estimate of drug-likeness (QED) is 0.383. The van der Waals surface area contributed by atoms with Crippen molar-refractivity contribution in [2.45, 2.75) is 44.2 Å². The summed E-state index contributed by atoms with van der Waals surface area (Å²) in [5.41, 5.74) is 0.385. The highest BCUT2D eigenvalue weighted by Crippen LogP contribution is 2.30. The molecule has 8 nitrogen and oxygen atoms in total. The van der Waals surface area contributed by atoms with Gasteiger partial charge in [0, 0.05) is 28.2 Å². The molecule has 0 unspecified atom stereocenters. The van der Waals surface area contributed by atoms with Gasteiger partial charge in [0.2, 0.25) is 11.8 Å². The average molecular weight is 558 g/mol. The molecular weight excluding hydrogens is 528 g/mol. The fourth-order valence-electron chi connectivity index (χ4n) is 4.55. The number of halogens is 2. The Labute approximate surface area is 227 Å². The molecule has 2 N–H and O–H groups in total. The number of carbonyl (C=O) groups excluding carboxylic acids is 3. The Balaban J connectivity index is 1.55. The predicted molar refractivity (Wildman–Crippen MR) is 143 cm³/mol. The fraction of sp³-hybridized carbons (Fsp3) is 0.321. The van der Waals surface area contributed by atoms with Gasteiger partial charge in [-0.05, 0) is 67.4 Å². The first-order chi connectivity index (χ1) is 18.8. The standard InChI is InChI=1S/C28H29F2N3O5S/c29-19-11-13-22(14-12-19)31-25(34)17-39(37)18-26(35)33(23-9-4-6-20(30)16-23)27(24-10-5-15-38-24)28(36)32-21-7-2-1-3-8-21/h4-6,9-16,21,27H,1-3,7-8,17-18H2,(H,31,34)(H,32,36)/t27-,39-/m0/s1. The molecule has 1 heterocycles. The van der Waals surface area contributed by atoms with Crippen molar-refractivity contribution < 1.29 is 31.8 Å². The lowest BCUT2D eigenvalue weighted by Crippen LogP contribution is -2.48. The normalized spacial score (nSPS) is 15.2. The Morgan fingerprint density at radius 1 is 0.949 bits per heavy atom. The first-order valence-electron chi connectivity index (χ1n) is 12.6. The second-order valence-corrected chi connectivity index (χ2v) is 10.7. The third kappa shape index (κ3) is 7.82. The number of anilines is 2. The minimum atomic E-state index is -1.97. The van der Waals surface area contributed by atoms with Crippen LogP contribution in [0.5, 0.6) is 0 Å². The lowest BCUT2D eigenvalue weighted by atomic mass is 9.95. The van der Waals surface area contributed by atoms with Gasteiger partial charge in [-0.2, -0.15) is 0 Å². The lowest BCUT2D eigenvalue weighted by molar-refractivity contribution is -0.127. The van der Waals surface area contributed by atoms with Gasteiger partial charge in [0.05, 0.1) is 6.26 Å². The van der Waals surface area contributed by atoms with E-state index in [4.69, 9.17) is 4.42 Å². The molecule has 1 aliphatic rings. The molecule has 39 heavy (non-hydrogen) atoms. The van der Waals surface area contributed by atoms with Crippen LogP contribution in [-0.4, -0.2) is 39.5 Å². The number of hydrogen-bond acceptors (Lipinski definition) is 5. The first-order valence-corrected chi connectivity index (χ1v) is 14.1. The van der Waals surface area contributed by atoms with Crippen molar-refractivity contribution in [1.29, 1.82) is 0 Å². The van der Waals surface area contributed by atoms with Gasteiger partial charge < -0.3 is 15.1 Å². The Kier molecular flexibility index (Phi) is 9.59. The fourth-order valence-corrected chi connectivity index (χ4v) is 5.43. The van der Waals surface area contributed by atoms with E-state index in [1.165, 1.54) is 54.8 Å². The van der Waals surface area contributed by atoms with Crippen molar-refractivity contribution in [3.8, 4) is 0 Å². The number of rotatable bonds is 10. The van der Waals surface area contributed by atoms with Gasteiger partial charge in [-0.1, -0.05) is 25.3 Å². The molecule has 1 aromatic heterocycles. The Hall–Kier alpha value is -3.86. The lowest BCUT2D eigenvalue weighted by Gasteiger charge is -2.32. The number of benzene rings is 2. The molecule has 2 aromatic carbocycles. The molecule has 4 rings (SSSR count). The topological polar surface area (TPSA) is 109 Å². The smallest absolute Gasteiger partial charge is 0.251 e. The van der Waals surface area contributed by atoms with Crippen LogP contribution in [0.4, 0.5) is 20.2 Å². The second kappa shape index (κ2) is 13.3. The van der Waals surface area contributed by atoms with E-state index in [2.05, 4.69) is 10.6 Å². The molecule has 0 aliphatic heterocycles. The zero-order chi connectivity index (χ0) is 27.8. The molecule has 3 amide bonds. The van der Waals surface area contributed by atoms with Gasteiger partial charge in [-0.3, -0.25) is 23.5 Å². The highest BCUT2D eigenvalue weighted by molar-refractivity contribution is 7.86. The molecule has 11 heteroatoms. The Morgan fingerprint density at radius 3 is 2.36 bits per heavy atom. The second-order valence-electron chi connectivity index (χ2n) is 9.29. The maximum Gasteiger partial charge on any atom is 0.251 e. The zero-order valence-corrected chi connectivity index (χ0v) is 21.9. The summed E-state index contributed by atoms with van der Waals surface area (Å²) in [5.74, 6) is -3.97. The van der Waals surface area contributed by atoms with Gasteiger partial charge in [0.25, 0.3) is 5.91 Å². The molecule has 0 radical (unpaired) electrons. The van der Waals surface area contributed by atoms with Crippen LogP contribution < -0.4 is 15.5 Å². The van der Waals surface area contributed by atoms with Gasteiger partial charge in [-0.25, -0.2) is 8.78 Å². The summed E-state index contributed by atoms with van der Waals surface area (Å²) < 4.78 is 45.7. The number of hydrogen-bond donors (Lipinski definition) is 2. The van der Waals surface area contributed by atoms with Crippen LogP contribution in [-0.2, 0) is 25.2 Å². The van der Waals surface area contributed by atoms with Crippen LogP contribution in [0.1, 0.15) is 43.9 Å². The molecule has 0 saturated heterocycles. The van der Waals surface area contributed by atoms with Crippen LogP contribution in [0.15, 0.2) is 71.3 Å². The van der Waals surface area contributed by atoms with E-state index in [0.29, 0.717) is 5.69 Å². The van der Waals surface area contributed by atoms with Gasteiger partial charge in [-0.15, -0.1) is 0 Å². The van der Waals surface area contributed by atoms with Crippen molar-refractivity contribution >= 4 is 39.9 Å². The summed E-state index contributed by atoms with van der Waals surface area (Å²) in [7, 11) is -1.97. The van der Waals surface area contributed by atoms with E-state index < -0.39 is 57.7 Å².